The third-order valence-electron chi connectivity index (χ3n) is 3.53. The molecule has 0 radical (unpaired) electrons. The van der Waals surface area contributed by atoms with E-state index in [4.69, 9.17) is 4.74 Å². The lowest BCUT2D eigenvalue weighted by atomic mass is 9.76. The van der Waals surface area contributed by atoms with Crippen LogP contribution in [0.3, 0.4) is 0 Å². The second-order valence-corrected chi connectivity index (χ2v) is 6.52. The maximum absolute atomic E-state index is 12.5. The first kappa shape index (κ1) is 13.1. The summed E-state index contributed by atoms with van der Waals surface area (Å²) in [5, 5.41) is 0. The number of ether oxygens (including phenoxy) is 1. The smallest absolute Gasteiger partial charge is 0.173 e. The maximum atomic E-state index is 12.5. The molecule has 0 spiro atoms. The van der Waals surface area contributed by atoms with Crippen molar-refractivity contribution in [2.24, 2.45) is 17.3 Å². The van der Waals surface area contributed by atoms with Gasteiger partial charge in [0.25, 0.3) is 0 Å². The Morgan fingerprint density at radius 2 is 2.00 bits per heavy atom. The van der Waals surface area contributed by atoms with Crippen LogP contribution in [0.2, 0.25) is 0 Å². The molecule has 1 aromatic carbocycles. The molecule has 0 aliphatic carbocycles. The Labute approximate surface area is 109 Å². The highest BCUT2D eigenvalue weighted by atomic mass is 16.5. The van der Waals surface area contributed by atoms with Gasteiger partial charge in [-0.2, -0.15) is 0 Å². The van der Waals surface area contributed by atoms with Crippen molar-refractivity contribution in [3.05, 3.63) is 29.8 Å². The van der Waals surface area contributed by atoms with E-state index in [1.165, 1.54) is 0 Å². The summed E-state index contributed by atoms with van der Waals surface area (Å²) in [5.41, 5.74) is 0.992. The Morgan fingerprint density at radius 3 is 2.67 bits per heavy atom. The highest BCUT2D eigenvalue weighted by Crippen LogP contribution is 2.35. The lowest BCUT2D eigenvalue weighted by Crippen LogP contribution is -2.34. The number of Topliss-reactive ketones (excluding diaryl/α,β-unsaturated/α-hetero) is 1. The van der Waals surface area contributed by atoms with Crippen LogP contribution in [0, 0.1) is 17.3 Å². The monoisotopic (exact) mass is 246 g/mol. The molecule has 0 N–H and O–H groups in total. The molecular weight excluding hydrogens is 224 g/mol. The normalized spacial score (nSPS) is 21.1. The van der Waals surface area contributed by atoms with Gasteiger partial charge in [0.05, 0.1) is 18.1 Å². The van der Waals surface area contributed by atoms with E-state index >= 15 is 0 Å². The number of para-hydroxylation sites is 1. The molecule has 2 heteroatoms. The van der Waals surface area contributed by atoms with Gasteiger partial charge in [-0.25, -0.2) is 0 Å². The largest absolute Gasteiger partial charge is 0.492 e. The van der Waals surface area contributed by atoms with Crippen LogP contribution < -0.4 is 4.74 Å². The van der Waals surface area contributed by atoms with Crippen LogP contribution in [0.4, 0.5) is 0 Å². The summed E-state index contributed by atoms with van der Waals surface area (Å²) in [6, 6.07) is 7.55. The Hall–Kier alpha value is -1.31. The fourth-order valence-electron chi connectivity index (χ4n) is 2.78. The fraction of sp³-hybridized carbons (Fsp3) is 0.562. The number of benzene rings is 1. The van der Waals surface area contributed by atoms with Crippen LogP contribution in [0.15, 0.2) is 24.3 Å². The highest BCUT2D eigenvalue weighted by molar-refractivity contribution is 6.01. The first-order valence-electron chi connectivity index (χ1n) is 6.64. The van der Waals surface area contributed by atoms with E-state index in [2.05, 4.69) is 27.7 Å². The Morgan fingerprint density at radius 1 is 1.33 bits per heavy atom. The highest BCUT2D eigenvalue weighted by Gasteiger charge is 2.34. The molecule has 0 fully saturated rings. The Kier molecular flexibility index (Phi) is 3.47. The molecule has 0 aromatic heterocycles. The predicted octanol–water partition coefficient (Wildman–Crippen LogP) is 3.95. The summed E-state index contributed by atoms with van der Waals surface area (Å²) in [6.07, 6.45) is 1.04. The van der Waals surface area contributed by atoms with E-state index < -0.39 is 0 Å². The average Bonchev–Trinajstić information content (AvgIpc) is 2.27. The molecule has 2 rings (SSSR count). The summed E-state index contributed by atoms with van der Waals surface area (Å²) in [6.45, 7) is 9.32. The van der Waals surface area contributed by atoms with Gasteiger partial charge in [0.2, 0.25) is 0 Å². The zero-order valence-corrected chi connectivity index (χ0v) is 11.7. The Bertz CT molecular complexity index is 443. The first-order chi connectivity index (χ1) is 8.38. The van der Waals surface area contributed by atoms with Crippen LogP contribution in [-0.2, 0) is 0 Å². The van der Waals surface area contributed by atoms with E-state index in [-0.39, 0.29) is 17.1 Å². The van der Waals surface area contributed by atoms with Gasteiger partial charge in [-0.05, 0) is 29.9 Å². The van der Waals surface area contributed by atoms with Crippen molar-refractivity contribution in [2.75, 3.05) is 6.61 Å². The van der Waals surface area contributed by atoms with Crippen molar-refractivity contribution >= 4 is 5.78 Å². The second kappa shape index (κ2) is 4.75. The number of fused-ring (bicyclic) bond motifs is 1. The minimum Gasteiger partial charge on any atom is -0.492 e. The van der Waals surface area contributed by atoms with Gasteiger partial charge in [-0.15, -0.1) is 0 Å². The van der Waals surface area contributed by atoms with Crippen molar-refractivity contribution in [3.63, 3.8) is 0 Å². The van der Waals surface area contributed by atoms with Gasteiger partial charge in [-0.1, -0.05) is 39.8 Å². The van der Waals surface area contributed by atoms with Crippen molar-refractivity contribution in [2.45, 2.75) is 34.1 Å². The number of ketones is 1. The average molecular weight is 246 g/mol. The Balaban J connectivity index is 2.17. The number of carbonyl (C=O) groups excluding carboxylic acids is 1. The van der Waals surface area contributed by atoms with E-state index in [0.29, 0.717) is 12.5 Å². The lowest BCUT2D eigenvalue weighted by Gasteiger charge is -2.32. The molecule has 1 aromatic rings. The molecule has 2 nitrogen and oxygen atoms in total. The summed E-state index contributed by atoms with van der Waals surface area (Å²) >= 11 is 0. The molecule has 0 amide bonds. The van der Waals surface area contributed by atoms with Gasteiger partial charge >= 0.3 is 0 Å². The fourth-order valence-corrected chi connectivity index (χ4v) is 2.78. The summed E-state index contributed by atoms with van der Waals surface area (Å²) in [4.78, 5) is 12.5. The molecule has 1 aliphatic heterocycles. The SMILES string of the molecule is CC(CC(C)(C)C)C1COc2ccccc2C1=O. The molecule has 1 heterocycles. The van der Waals surface area contributed by atoms with Crippen LogP contribution in [0.25, 0.3) is 0 Å². The minimum atomic E-state index is -0.000810. The van der Waals surface area contributed by atoms with Crippen molar-refractivity contribution < 1.29 is 9.53 Å². The quantitative estimate of drug-likeness (QED) is 0.789. The van der Waals surface area contributed by atoms with Crippen LogP contribution >= 0.6 is 0 Å². The van der Waals surface area contributed by atoms with Gasteiger partial charge in [0, 0.05) is 0 Å². The van der Waals surface area contributed by atoms with Crippen molar-refractivity contribution in [1.29, 1.82) is 0 Å². The van der Waals surface area contributed by atoms with E-state index in [9.17, 15) is 4.79 Å². The zero-order valence-electron chi connectivity index (χ0n) is 11.7. The van der Waals surface area contributed by atoms with Crippen molar-refractivity contribution in [1.82, 2.24) is 0 Å². The van der Waals surface area contributed by atoms with E-state index in [1.807, 2.05) is 24.3 Å². The molecule has 0 saturated heterocycles. The maximum Gasteiger partial charge on any atom is 0.173 e. The van der Waals surface area contributed by atoms with Gasteiger partial charge in [0.15, 0.2) is 5.78 Å². The number of carbonyl (C=O) groups is 1. The second-order valence-electron chi connectivity index (χ2n) is 6.52. The summed E-state index contributed by atoms with van der Waals surface area (Å²) < 4.78 is 5.72. The van der Waals surface area contributed by atoms with Gasteiger partial charge in [0.1, 0.15) is 5.75 Å². The topological polar surface area (TPSA) is 26.3 Å². The number of hydrogen-bond donors (Lipinski definition) is 0. The molecule has 18 heavy (non-hydrogen) atoms. The van der Waals surface area contributed by atoms with Crippen LogP contribution in [-0.4, -0.2) is 12.4 Å². The lowest BCUT2D eigenvalue weighted by molar-refractivity contribution is 0.0725. The molecule has 98 valence electrons. The van der Waals surface area contributed by atoms with Crippen LogP contribution in [0.5, 0.6) is 5.75 Å². The van der Waals surface area contributed by atoms with Gasteiger partial charge < -0.3 is 4.74 Å². The summed E-state index contributed by atoms with van der Waals surface area (Å²) in [5.74, 6) is 1.33. The molecule has 1 aliphatic rings. The van der Waals surface area contributed by atoms with Crippen LogP contribution in [0.1, 0.15) is 44.5 Å². The first-order valence-corrected chi connectivity index (χ1v) is 6.64. The number of rotatable bonds is 2. The summed E-state index contributed by atoms with van der Waals surface area (Å²) in [7, 11) is 0. The standard InChI is InChI=1S/C16H22O2/c1-11(9-16(2,3)4)13-10-18-14-8-6-5-7-12(14)15(13)17/h5-8,11,13H,9-10H2,1-4H3. The van der Waals surface area contributed by atoms with E-state index in [0.717, 1.165) is 17.7 Å². The van der Waals surface area contributed by atoms with E-state index in [1.54, 1.807) is 0 Å². The number of hydrogen-bond acceptors (Lipinski definition) is 2. The predicted molar refractivity (Wildman–Crippen MR) is 73.0 cm³/mol. The van der Waals surface area contributed by atoms with Gasteiger partial charge in [-0.3, -0.25) is 4.79 Å². The molecule has 0 bridgehead atoms. The third kappa shape index (κ3) is 2.74. The zero-order chi connectivity index (χ0) is 13.3. The molecular formula is C16H22O2. The molecule has 0 saturated carbocycles. The minimum absolute atomic E-state index is 0.000810. The van der Waals surface area contributed by atoms with Crippen molar-refractivity contribution in [3.8, 4) is 5.75 Å². The third-order valence-corrected chi connectivity index (χ3v) is 3.53. The molecule has 2 atom stereocenters. The molecule has 2 unspecified atom stereocenters.